The lowest BCUT2D eigenvalue weighted by Gasteiger charge is -2.38. The number of rotatable bonds is 4. The summed E-state index contributed by atoms with van der Waals surface area (Å²) in [7, 11) is 0. The van der Waals surface area contributed by atoms with Crippen LogP contribution in [0.15, 0.2) is 44.7 Å². The van der Waals surface area contributed by atoms with Gasteiger partial charge >= 0.3 is 0 Å². The van der Waals surface area contributed by atoms with Crippen LogP contribution in [0.1, 0.15) is 38.4 Å². The number of allylic oxidation sites excluding steroid dienone is 3. The lowest BCUT2D eigenvalue weighted by Crippen LogP contribution is -2.42. The average molecular weight is 428 g/mol. The van der Waals surface area contributed by atoms with Gasteiger partial charge in [-0.15, -0.1) is 0 Å². The fourth-order valence-corrected chi connectivity index (χ4v) is 5.23. The Morgan fingerprint density at radius 3 is 2.80 bits per heavy atom. The van der Waals surface area contributed by atoms with Gasteiger partial charge in [-0.1, -0.05) is 25.6 Å². The van der Waals surface area contributed by atoms with Crippen molar-refractivity contribution in [3.63, 3.8) is 0 Å². The van der Waals surface area contributed by atoms with Crippen LogP contribution in [0.2, 0.25) is 0 Å². The molecule has 0 spiro atoms. The topological polar surface area (TPSA) is 95.6 Å². The first-order chi connectivity index (χ1) is 14.4. The third-order valence-corrected chi connectivity index (χ3v) is 6.66. The molecule has 158 valence electrons. The summed E-state index contributed by atoms with van der Waals surface area (Å²) in [6.45, 7) is 6.41. The van der Waals surface area contributed by atoms with E-state index in [2.05, 4.69) is 25.2 Å². The first-order valence-electron chi connectivity index (χ1n) is 10.1. The molecule has 1 aromatic rings. The summed E-state index contributed by atoms with van der Waals surface area (Å²) >= 11 is 1.32. The monoisotopic (exact) mass is 427 g/mol. The van der Waals surface area contributed by atoms with Gasteiger partial charge in [0.2, 0.25) is 5.91 Å². The Morgan fingerprint density at radius 1 is 1.37 bits per heavy atom. The van der Waals surface area contributed by atoms with Crippen LogP contribution in [0.4, 0.5) is 0 Å². The molecule has 3 heterocycles. The number of ether oxygens (including phenoxy) is 1. The van der Waals surface area contributed by atoms with Crippen molar-refractivity contribution in [2.45, 2.75) is 32.6 Å². The third-order valence-electron chi connectivity index (χ3n) is 5.66. The van der Waals surface area contributed by atoms with Gasteiger partial charge in [-0.2, -0.15) is 5.26 Å². The van der Waals surface area contributed by atoms with E-state index in [9.17, 15) is 14.9 Å². The number of hydrogen-bond acceptors (Lipinski definition) is 7. The molecule has 0 aromatic carbocycles. The van der Waals surface area contributed by atoms with Gasteiger partial charge in [0.15, 0.2) is 5.78 Å². The zero-order valence-corrected chi connectivity index (χ0v) is 18.0. The van der Waals surface area contributed by atoms with Crippen LogP contribution in [0, 0.1) is 16.7 Å². The molecule has 0 bridgehead atoms. The lowest BCUT2D eigenvalue weighted by molar-refractivity contribution is -0.132. The molecular formula is C22H25N3O4S. The molecule has 4 rings (SSSR count). The number of dihydropyridines is 1. The number of nitrogens with one attached hydrogen (secondary N) is 1. The molecule has 2 aliphatic heterocycles. The number of nitriles is 1. The smallest absolute Gasteiger partial charge is 0.233 e. The summed E-state index contributed by atoms with van der Waals surface area (Å²) in [6.07, 6.45) is 2.69. The normalized spacial score (nSPS) is 23.7. The van der Waals surface area contributed by atoms with Gasteiger partial charge in [0, 0.05) is 30.8 Å². The number of carbonyl (C=O) groups excluding carboxylic acids is 2. The van der Waals surface area contributed by atoms with E-state index in [1.165, 1.54) is 11.8 Å². The van der Waals surface area contributed by atoms with Crippen molar-refractivity contribution in [3.8, 4) is 6.07 Å². The number of hydrogen-bond donors (Lipinski definition) is 1. The maximum Gasteiger partial charge on any atom is 0.233 e. The average Bonchev–Trinajstić information content (AvgIpc) is 3.25. The highest BCUT2D eigenvalue weighted by molar-refractivity contribution is 8.03. The minimum atomic E-state index is -0.536. The molecule has 1 amide bonds. The Bertz CT molecular complexity index is 950. The molecule has 0 radical (unpaired) electrons. The van der Waals surface area contributed by atoms with Gasteiger partial charge in [0.05, 0.1) is 47.8 Å². The second kappa shape index (κ2) is 8.32. The second-order valence-corrected chi connectivity index (χ2v) is 9.53. The highest BCUT2D eigenvalue weighted by atomic mass is 32.2. The molecular weight excluding hydrogens is 402 g/mol. The zero-order chi connectivity index (χ0) is 21.3. The molecule has 1 atom stereocenters. The van der Waals surface area contributed by atoms with Gasteiger partial charge in [-0.25, -0.2) is 0 Å². The van der Waals surface area contributed by atoms with Crippen LogP contribution in [-0.4, -0.2) is 48.6 Å². The summed E-state index contributed by atoms with van der Waals surface area (Å²) < 4.78 is 10.9. The van der Waals surface area contributed by atoms with Gasteiger partial charge in [-0.3, -0.25) is 9.59 Å². The summed E-state index contributed by atoms with van der Waals surface area (Å²) in [5.41, 5.74) is 1.71. The number of thioether (sulfide) groups is 1. The number of carbonyl (C=O) groups is 2. The Balaban J connectivity index is 1.64. The summed E-state index contributed by atoms with van der Waals surface area (Å²) in [4.78, 5) is 27.4. The van der Waals surface area contributed by atoms with E-state index in [4.69, 9.17) is 9.15 Å². The SMILES string of the molecule is CC1(C)CC(=O)C2=C(C1)NC(SCC(=O)N1CCOCC1)=C(C#N)[C@H]2c1ccco1. The number of nitrogens with zero attached hydrogens (tertiary/aromatic N) is 2. The molecule has 1 aromatic heterocycles. The van der Waals surface area contributed by atoms with Crippen molar-refractivity contribution >= 4 is 23.5 Å². The molecule has 1 N–H and O–H groups in total. The van der Waals surface area contributed by atoms with Crippen molar-refractivity contribution < 1.29 is 18.7 Å². The first-order valence-corrected chi connectivity index (χ1v) is 11.1. The fourth-order valence-electron chi connectivity index (χ4n) is 4.27. The van der Waals surface area contributed by atoms with E-state index >= 15 is 0 Å². The van der Waals surface area contributed by atoms with Gasteiger partial charge in [0.25, 0.3) is 0 Å². The highest BCUT2D eigenvalue weighted by Crippen LogP contribution is 2.47. The Morgan fingerprint density at radius 2 is 2.13 bits per heavy atom. The molecule has 3 aliphatic rings. The second-order valence-electron chi connectivity index (χ2n) is 8.54. The van der Waals surface area contributed by atoms with E-state index in [0.29, 0.717) is 61.1 Å². The molecule has 1 fully saturated rings. The Labute approximate surface area is 180 Å². The minimum absolute atomic E-state index is 0.0178. The summed E-state index contributed by atoms with van der Waals surface area (Å²) in [5.74, 6) is 0.316. The number of ketones is 1. The van der Waals surface area contributed by atoms with E-state index in [0.717, 1.165) is 5.70 Å². The van der Waals surface area contributed by atoms with Crippen molar-refractivity contribution in [3.05, 3.63) is 46.0 Å². The Kier molecular flexibility index (Phi) is 5.76. The fraction of sp³-hybridized carbons (Fsp3) is 0.500. The van der Waals surface area contributed by atoms with Crippen LogP contribution in [0.25, 0.3) is 0 Å². The van der Waals surface area contributed by atoms with Crippen LogP contribution < -0.4 is 5.32 Å². The Hall–Kier alpha value is -2.50. The van der Waals surface area contributed by atoms with E-state index in [-0.39, 0.29) is 22.9 Å². The van der Waals surface area contributed by atoms with E-state index in [1.54, 1.807) is 23.3 Å². The summed E-state index contributed by atoms with van der Waals surface area (Å²) in [6, 6.07) is 5.84. The third kappa shape index (κ3) is 4.05. The van der Waals surface area contributed by atoms with Crippen molar-refractivity contribution in [2.24, 2.45) is 5.41 Å². The van der Waals surface area contributed by atoms with Crippen molar-refractivity contribution in [1.82, 2.24) is 10.2 Å². The van der Waals surface area contributed by atoms with Crippen LogP contribution in [-0.2, 0) is 14.3 Å². The van der Waals surface area contributed by atoms with Crippen LogP contribution >= 0.6 is 11.8 Å². The van der Waals surface area contributed by atoms with Gasteiger partial charge < -0.3 is 19.4 Å². The van der Waals surface area contributed by atoms with Crippen molar-refractivity contribution in [2.75, 3.05) is 32.1 Å². The molecule has 1 aliphatic carbocycles. The highest BCUT2D eigenvalue weighted by Gasteiger charge is 2.43. The lowest BCUT2D eigenvalue weighted by atomic mass is 9.70. The number of morpholine rings is 1. The van der Waals surface area contributed by atoms with E-state index in [1.807, 2.05) is 0 Å². The van der Waals surface area contributed by atoms with Crippen molar-refractivity contribution in [1.29, 1.82) is 5.26 Å². The maximum atomic E-state index is 13.0. The zero-order valence-electron chi connectivity index (χ0n) is 17.2. The van der Waals surface area contributed by atoms with Crippen LogP contribution in [0.5, 0.6) is 0 Å². The quantitative estimate of drug-likeness (QED) is 0.789. The minimum Gasteiger partial charge on any atom is -0.468 e. The van der Waals surface area contributed by atoms with E-state index < -0.39 is 5.92 Å². The predicted octanol–water partition coefficient (Wildman–Crippen LogP) is 2.94. The molecule has 0 unspecified atom stereocenters. The number of amides is 1. The van der Waals surface area contributed by atoms with Crippen LogP contribution in [0.3, 0.4) is 0 Å². The predicted molar refractivity (Wildman–Crippen MR) is 112 cm³/mol. The number of Topliss-reactive ketones (excluding diaryl/α,β-unsaturated/α-hetero) is 1. The molecule has 1 saturated heterocycles. The first kappa shape index (κ1) is 20.8. The summed E-state index contributed by atoms with van der Waals surface area (Å²) in [5, 5.41) is 13.9. The van der Waals surface area contributed by atoms with Gasteiger partial charge in [-0.05, 0) is 24.0 Å². The number of furan rings is 1. The largest absolute Gasteiger partial charge is 0.468 e. The molecule has 7 nitrogen and oxygen atoms in total. The molecule has 30 heavy (non-hydrogen) atoms. The van der Waals surface area contributed by atoms with Gasteiger partial charge in [0.1, 0.15) is 5.76 Å². The molecule has 0 saturated carbocycles. The maximum absolute atomic E-state index is 13.0. The molecule has 8 heteroatoms. The standard InChI is InChI=1S/C22H25N3O4S/c1-22(2)10-15-20(16(26)11-22)19(17-4-3-7-29-17)14(12-23)21(24-15)30-13-18(27)25-5-8-28-9-6-25/h3-4,7,19,24H,5-6,8-11,13H2,1-2H3/t19-/m0/s1.